The first-order valence-corrected chi connectivity index (χ1v) is 10.5. The van der Waals surface area contributed by atoms with Gasteiger partial charge in [0.15, 0.2) is 0 Å². The molecule has 0 saturated carbocycles. The average molecular weight is 411 g/mol. The van der Waals surface area contributed by atoms with E-state index in [0.29, 0.717) is 16.8 Å². The fourth-order valence-electron chi connectivity index (χ4n) is 3.16. The monoisotopic (exact) mass is 410 g/mol. The zero-order valence-corrected chi connectivity index (χ0v) is 16.9. The van der Waals surface area contributed by atoms with Crippen molar-refractivity contribution in [1.29, 1.82) is 0 Å². The van der Waals surface area contributed by atoms with E-state index in [-0.39, 0.29) is 10.6 Å². The van der Waals surface area contributed by atoms with Crippen LogP contribution in [0.4, 0.5) is 11.4 Å². The largest absolute Gasteiger partial charge is 0.495 e. The normalized spacial score (nSPS) is 15.6. The minimum atomic E-state index is -3.82. The summed E-state index contributed by atoms with van der Waals surface area (Å²) in [6, 6.07) is 11.8. The van der Waals surface area contributed by atoms with Crippen LogP contribution in [0.2, 0.25) is 5.02 Å². The minimum Gasteiger partial charge on any atom is -0.495 e. The lowest BCUT2D eigenvalue weighted by Gasteiger charge is -2.33. The van der Waals surface area contributed by atoms with Gasteiger partial charge in [-0.05, 0) is 55.3 Å². The van der Waals surface area contributed by atoms with Crippen molar-refractivity contribution in [2.45, 2.75) is 23.8 Å². The van der Waals surface area contributed by atoms with Crippen LogP contribution in [0.5, 0.6) is 5.75 Å². The molecule has 2 aromatic rings. The predicted octanol–water partition coefficient (Wildman–Crippen LogP) is 3.76. The summed E-state index contributed by atoms with van der Waals surface area (Å²) in [7, 11) is -0.650. The number of halogens is 1. The van der Waals surface area contributed by atoms with Gasteiger partial charge in [0, 0.05) is 36.6 Å². The highest BCUT2D eigenvalue weighted by Gasteiger charge is 2.21. The number of hydrogen-bond acceptors (Lipinski definition) is 5. The van der Waals surface area contributed by atoms with E-state index in [4.69, 9.17) is 21.1 Å². The van der Waals surface area contributed by atoms with E-state index in [1.807, 2.05) is 12.1 Å². The molecule has 1 heterocycles. The van der Waals surface area contributed by atoms with E-state index in [1.54, 1.807) is 25.3 Å². The van der Waals surface area contributed by atoms with Crippen LogP contribution in [-0.2, 0) is 14.8 Å². The third-order valence-electron chi connectivity index (χ3n) is 4.68. The lowest BCUT2D eigenvalue weighted by molar-refractivity contribution is 0.0819. The number of piperidine rings is 1. The van der Waals surface area contributed by atoms with Crippen LogP contribution in [0, 0.1) is 0 Å². The zero-order valence-electron chi connectivity index (χ0n) is 15.3. The summed E-state index contributed by atoms with van der Waals surface area (Å²) in [6.45, 7) is 1.84. The van der Waals surface area contributed by atoms with Crippen LogP contribution in [0.25, 0.3) is 0 Å². The molecule has 146 valence electrons. The highest BCUT2D eigenvalue weighted by atomic mass is 35.5. The molecule has 3 rings (SSSR count). The summed E-state index contributed by atoms with van der Waals surface area (Å²) in [4.78, 5) is 2.27. The van der Waals surface area contributed by atoms with Crippen molar-refractivity contribution in [1.82, 2.24) is 0 Å². The summed E-state index contributed by atoms with van der Waals surface area (Å²) in [6.07, 6.45) is 2.29. The fraction of sp³-hybridized carbons (Fsp3) is 0.368. The molecule has 0 aromatic heterocycles. The molecule has 0 radical (unpaired) electrons. The van der Waals surface area contributed by atoms with Crippen LogP contribution >= 0.6 is 11.6 Å². The van der Waals surface area contributed by atoms with Crippen molar-refractivity contribution in [3.8, 4) is 5.75 Å². The van der Waals surface area contributed by atoms with Crippen LogP contribution in [0.15, 0.2) is 47.4 Å². The Morgan fingerprint density at radius 3 is 2.33 bits per heavy atom. The van der Waals surface area contributed by atoms with Crippen LogP contribution in [0.3, 0.4) is 0 Å². The standard InChI is InChI=1S/C19H23ClN2O4S/c1-25-17-9-11-22(12-10-17)16-6-4-15(5-7-16)21-27(23,24)19-13-14(20)3-8-18(19)26-2/h3-8,13,17,21H,9-12H2,1-2H3. The van der Waals surface area contributed by atoms with E-state index in [1.165, 1.54) is 19.2 Å². The van der Waals surface area contributed by atoms with Gasteiger partial charge in [-0.25, -0.2) is 8.42 Å². The van der Waals surface area contributed by atoms with E-state index >= 15 is 0 Å². The second kappa shape index (κ2) is 8.37. The molecule has 1 saturated heterocycles. The molecule has 27 heavy (non-hydrogen) atoms. The molecule has 1 aliphatic rings. The predicted molar refractivity (Wildman–Crippen MR) is 107 cm³/mol. The fourth-order valence-corrected chi connectivity index (χ4v) is 4.65. The second-order valence-corrected chi connectivity index (χ2v) is 8.46. The zero-order chi connectivity index (χ0) is 19.4. The maximum Gasteiger partial charge on any atom is 0.265 e. The molecule has 8 heteroatoms. The van der Waals surface area contributed by atoms with Gasteiger partial charge in [-0.2, -0.15) is 0 Å². The highest BCUT2D eigenvalue weighted by molar-refractivity contribution is 7.92. The first-order valence-electron chi connectivity index (χ1n) is 8.67. The molecular weight excluding hydrogens is 388 g/mol. The quantitative estimate of drug-likeness (QED) is 0.785. The van der Waals surface area contributed by atoms with E-state index in [2.05, 4.69) is 9.62 Å². The van der Waals surface area contributed by atoms with Crippen LogP contribution in [-0.4, -0.2) is 41.8 Å². The van der Waals surface area contributed by atoms with Gasteiger partial charge >= 0.3 is 0 Å². The van der Waals surface area contributed by atoms with Gasteiger partial charge in [0.2, 0.25) is 0 Å². The summed E-state index contributed by atoms with van der Waals surface area (Å²) < 4.78 is 38.5. The number of hydrogen-bond donors (Lipinski definition) is 1. The molecule has 1 fully saturated rings. The molecule has 0 bridgehead atoms. The van der Waals surface area contributed by atoms with Gasteiger partial charge in [-0.3, -0.25) is 4.72 Å². The van der Waals surface area contributed by atoms with Crippen molar-refractivity contribution in [3.63, 3.8) is 0 Å². The topological polar surface area (TPSA) is 67.9 Å². The van der Waals surface area contributed by atoms with Crippen molar-refractivity contribution >= 4 is 33.0 Å². The molecule has 2 aromatic carbocycles. The number of nitrogens with one attached hydrogen (secondary N) is 1. The summed E-state index contributed by atoms with van der Waals surface area (Å²) >= 11 is 5.95. The third-order valence-corrected chi connectivity index (χ3v) is 6.31. The maximum atomic E-state index is 12.7. The SMILES string of the molecule is COc1ccc(Cl)cc1S(=O)(=O)Nc1ccc(N2CCC(OC)CC2)cc1. The first kappa shape index (κ1) is 19.8. The molecule has 1 aliphatic heterocycles. The molecular formula is C19H23ClN2O4S. The van der Waals surface area contributed by atoms with Gasteiger partial charge in [0.05, 0.1) is 13.2 Å². The van der Waals surface area contributed by atoms with Crippen molar-refractivity contribution < 1.29 is 17.9 Å². The Bertz CT molecular complexity index is 879. The molecule has 0 atom stereocenters. The Kier molecular flexibility index (Phi) is 6.14. The Morgan fingerprint density at radius 2 is 1.74 bits per heavy atom. The molecule has 0 spiro atoms. The molecule has 0 unspecified atom stereocenters. The minimum absolute atomic E-state index is 0.00298. The first-order chi connectivity index (χ1) is 12.9. The molecule has 6 nitrogen and oxygen atoms in total. The second-order valence-electron chi connectivity index (χ2n) is 6.37. The number of sulfonamides is 1. The van der Waals surface area contributed by atoms with Gasteiger partial charge < -0.3 is 14.4 Å². The third kappa shape index (κ3) is 4.66. The Labute approximate surface area is 165 Å². The number of methoxy groups -OCH3 is 2. The summed E-state index contributed by atoms with van der Waals surface area (Å²) in [5.41, 5.74) is 1.54. The van der Waals surface area contributed by atoms with Crippen molar-refractivity contribution in [2.75, 3.05) is 36.9 Å². The highest BCUT2D eigenvalue weighted by Crippen LogP contribution is 2.29. The Morgan fingerprint density at radius 1 is 1.07 bits per heavy atom. The number of nitrogens with zero attached hydrogens (tertiary/aromatic N) is 1. The van der Waals surface area contributed by atoms with Gasteiger partial charge in [0.25, 0.3) is 10.0 Å². The Balaban J connectivity index is 1.74. The summed E-state index contributed by atoms with van der Waals surface area (Å²) in [5.74, 6) is 0.240. The van der Waals surface area contributed by atoms with E-state index < -0.39 is 10.0 Å². The van der Waals surface area contributed by atoms with E-state index in [0.717, 1.165) is 31.6 Å². The molecule has 0 aliphatic carbocycles. The van der Waals surface area contributed by atoms with E-state index in [9.17, 15) is 8.42 Å². The maximum absolute atomic E-state index is 12.7. The van der Waals surface area contributed by atoms with Crippen molar-refractivity contribution in [3.05, 3.63) is 47.5 Å². The number of ether oxygens (including phenoxy) is 2. The lowest BCUT2D eigenvalue weighted by Crippen LogP contribution is -2.36. The van der Waals surface area contributed by atoms with Crippen LogP contribution in [0.1, 0.15) is 12.8 Å². The lowest BCUT2D eigenvalue weighted by atomic mass is 10.1. The summed E-state index contributed by atoms with van der Waals surface area (Å²) in [5, 5.41) is 0.325. The van der Waals surface area contributed by atoms with Crippen LogP contribution < -0.4 is 14.4 Å². The molecule has 1 N–H and O–H groups in total. The van der Waals surface area contributed by atoms with Gasteiger partial charge in [-0.1, -0.05) is 11.6 Å². The smallest absolute Gasteiger partial charge is 0.265 e. The number of benzene rings is 2. The number of anilines is 2. The molecule has 0 amide bonds. The van der Waals surface area contributed by atoms with Crippen molar-refractivity contribution in [2.24, 2.45) is 0 Å². The Hall–Kier alpha value is -1.96. The number of rotatable bonds is 6. The average Bonchev–Trinajstić information content (AvgIpc) is 2.68. The van der Waals surface area contributed by atoms with Gasteiger partial charge in [-0.15, -0.1) is 0 Å². The van der Waals surface area contributed by atoms with Gasteiger partial charge in [0.1, 0.15) is 10.6 Å².